The number of carbonyl (C=O) groups is 1. The molecule has 0 aromatic rings. The normalized spacial score (nSPS) is 15.9. The van der Waals surface area contributed by atoms with Crippen LogP contribution in [0.25, 0.3) is 0 Å². The van der Waals surface area contributed by atoms with Gasteiger partial charge < -0.3 is 10.1 Å². The van der Waals surface area contributed by atoms with Gasteiger partial charge in [-0.2, -0.15) is 0 Å². The number of carbonyl (C=O) groups excluding carboxylic acids is 1. The van der Waals surface area contributed by atoms with Crippen molar-refractivity contribution in [3.63, 3.8) is 0 Å². The Labute approximate surface area is 87.2 Å². The van der Waals surface area contributed by atoms with Gasteiger partial charge in [-0.15, -0.1) is 0 Å². The zero-order valence-electron chi connectivity index (χ0n) is 10.2. The third kappa shape index (κ3) is 5.84. The highest BCUT2D eigenvalue weighted by molar-refractivity contribution is 5.68. The summed E-state index contributed by atoms with van der Waals surface area (Å²) < 4.78 is 5.15. The molecule has 0 saturated heterocycles. The maximum Gasteiger partial charge on any atom is 0.407 e. The third-order valence-electron chi connectivity index (χ3n) is 2.24. The molecule has 0 fully saturated rings. The molecule has 0 heterocycles. The van der Waals surface area contributed by atoms with Crippen LogP contribution in [-0.4, -0.2) is 17.7 Å². The van der Waals surface area contributed by atoms with Crippen LogP contribution in [0.15, 0.2) is 0 Å². The fraction of sp³-hybridized carbons (Fsp3) is 0.909. The van der Waals surface area contributed by atoms with Crippen LogP contribution in [0.3, 0.4) is 0 Å². The zero-order valence-corrected chi connectivity index (χ0v) is 10.2. The predicted octanol–water partition coefficient (Wildman–Crippen LogP) is 2.95. The van der Waals surface area contributed by atoms with E-state index in [1.807, 2.05) is 27.7 Å². The van der Waals surface area contributed by atoms with E-state index < -0.39 is 5.60 Å². The fourth-order valence-electron chi connectivity index (χ4n) is 0.989. The van der Waals surface area contributed by atoms with Gasteiger partial charge in [0, 0.05) is 6.04 Å². The van der Waals surface area contributed by atoms with Gasteiger partial charge in [0.15, 0.2) is 0 Å². The van der Waals surface area contributed by atoms with Gasteiger partial charge in [-0.3, -0.25) is 0 Å². The van der Waals surface area contributed by atoms with Crippen LogP contribution in [-0.2, 0) is 4.74 Å². The molecule has 0 aromatic heterocycles. The molecule has 0 rings (SSSR count). The van der Waals surface area contributed by atoms with E-state index >= 15 is 0 Å². The number of amides is 1. The van der Waals surface area contributed by atoms with Crippen molar-refractivity contribution in [2.24, 2.45) is 5.92 Å². The van der Waals surface area contributed by atoms with E-state index in [9.17, 15) is 4.79 Å². The molecular weight excluding hydrogens is 178 g/mol. The topological polar surface area (TPSA) is 38.3 Å². The number of hydrogen-bond donors (Lipinski definition) is 1. The van der Waals surface area contributed by atoms with Crippen molar-refractivity contribution in [3.05, 3.63) is 0 Å². The molecule has 0 radical (unpaired) electrons. The van der Waals surface area contributed by atoms with Crippen molar-refractivity contribution in [3.8, 4) is 0 Å². The maximum atomic E-state index is 11.4. The van der Waals surface area contributed by atoms with E-state index in [0.717, 1.165) is 6.42 Å². The Morgan fingerprint density at radius 3 is 2.21 bits per heavy atom. The van der Waals surface area contributed by atoms with E-state index in [0.29, 0.717) is 5.92 Å². The quantitative estimate of drug-likeness (QED) is 0.762. The maximum absolute atomic E-state index is 11.4. The summed E-state index contributed by atoms with van der Waals surface area (Å²) in [6.45, 7) is 11.8. The molecule has 0 aliphatic heterocycles. The van der Waals surface area contributed by atoms with Gasteiger partial charge in [0.25, 0.3) is 0 Å². The van der Waals surface area contributed by atoms with Crippen molar-refractivity contribution in [1.29, 1.82) is 0 Å². The minimum absolute atomic E-state index is 0.162. The van der Waals surface area contributed by atoms with Crippen LogP contribution >= 0.6 is 0 Å². The lowest BCUT2D eigenvalue weighted by Crippen LogP contribution is -2.40. The van der Waals surface area contributed by atoms with Crippen LogP contribution < -0.4 is 5.32 Å². The van der Waals surface area contributed by atoms with Crippen LogP contribution in [0.5, 0.6) is 0 Å². The molecule has 3 nitrogen and oxygen atoms in total. The fourth-order valence-corrected chi connectivity index (χ4v) is 0.989. The molecule has 0 aliphatic carbocycles. The molecule has 0 bridgehead atoms. The van der Waals surface area contributed by atoms with Crippen LogP contribution in [0.4, 0.5) is 4.79 Å². The second-order valence-corrected chi connectivity index (χ2v) is 4.82. The molecule has 1 amide bonds. The number of hydrogen-bond acceptors (Lipinski definition) is 2. The Hall–Kier alpha value is -0.730. The average molecular weight is 201 g/mol. The summed E-state index contributed by atoms with van der Waals surface area (Å²) in [5, 5.41) is 2.83. The minimum atomic E-state index is -0.417. The van der Waals surface area contributed by atoms with Crippen LogP contribution in [0.2, 0.25) is 0 Å². The number of nitrogens with one attached hydrogen (secondary N) is 1. The second kappa shape index (κ2) is 5.23. The number of rotatable bonds is 3. The Morgan fingerprint density at radius 1 is 1.36 bits per heavy atom. The average Bonchev–Trinajstić information content (AvgIpc) is 1.99. The molecule has 14 heavy (non-hydrogen) atoms. The lowest BCUT2D eigenvalue weighted by molar-refractivity contribution is 0.0493. The molecule has 2 unspecified atom stereocenters. The Balaban J connectivity index is 3.95. The number of alkyl carbamates (subject to hydrolysis) is 1. The Morgan fingerprint density at radius 2 is 1.86 bits per heavy atom. The summed E-state index contributed by atoms with van der Waals surface area (Å²) in [5.74, 6) is 0.475. The summed E-state index contributed by atoms with van der Waals surface area (Å²) in [6, 6.07) is 0.162. The van der Waals surface area contributed by atoms with E-state index in [4.69, 9.17) is 4.74 Å². The van der Waals surface area contributed by atoms with E-state index in [1.165, 1.54) is 0 Å². The molecular formula is C11H23NO2. The molecule has 0 aromatic carbocycles. The molecule has 2 atom stereocenters. The molecule has 0 saturated carbocycles. The monoisotopic (exact) mass is 201 g/mol. The van der Waals surface area contributed by atoms with Gasteiger partial charge in [0.1, 0.15) is 5.60 Å². The molecule has 0 aliphatic rings. The largest absolute Gasteiger partial charge is 0.444 e. The SMILES string of the molecule is CCC(C)C(C)NC(=O)OC(C)(C)C. The molecule has 3 heteroatoms. The van der Waals surface area contributed by atoms with Crippen molar-refractivity contribution in [2.75, 3.05) is 0 Å². The molecule has 1 N–H and O–H groups in total. The smallest absolute Gasteiger partial charge is 0.407 e. The molecule has 0 spiro atoms. The highest BCUT2D eigenvalue weighted by atomic mass is 16.6. The second-order valence-electron chi connectivity index (χ2n) is 4.82. The first kappa shape index (κ1) is 13.3. The highest BCUT2D eigenvalue weighted by Gasteiger charge is 2.19. The van der Waals surface area contributed by atoms with E-state index in [-0.39, 0.29) is 12.1 Å². The van der Waals surface area contributed by atoms with Crippen molar-refractivity contribution < 1.29 is 9.53 Å². The van der Waals surface area contributed by atoms with E-state index in [1.54, 1.807) is 0 Å². The standard InChI is InChI=1S/C11H23NO2/c1-7-8(2)9(3)12-10(13)14-11(4,5)6/h8-9H,7H2,1-6H3,(H,12,13). The van der Waals surface area contributed by atoms with Gasteiger partial charge in [0.05, 0.1) is 0 Å². The first-order valence-corrected chi connectivity index (χ1v) is 5.25. The van der Waals surface area contributed by atoms with E-state index in [2.05, 4.69) is 19.2 Å². The summed E-state index contributed by atoms with van der Waals surface area (Å²) >= 11 is 0. The minimum Gasteiger partial charge on any atom is -0.444 e. The summed E-state index contributed by atoms with van der Waals surface area (Å²) in [7, 11) is 0. The van der Waals surface area contributed by atoms with Crippen LogP contribution in [0.1, 0.15) is 48.0 Å². The van der Waals surface area contributed by atoms with Crippen LogP contribution in [0, 0.1) is 5.92 Å². The number of ether oxygens (including phenoxy) is 1. The lowest BCUT2D eigenvalue weighted by atomic mass is 10.0. The summed E-state index contributed by atoms with van der Waals surface area (Å²) in [6.07, 6.45) is 0.724. The van der Waals surface area contributed by atoms with Gasteiger partial charge >= 0.3 is 6.09 Å². The first-order valence-electron chi connectivity index (χ1n) is 5.25. The van der Waals surface area contributed by atoms with Crippen molar-refractivity contribution in [2.45, 2.75) is 59.6 Å². The van der Waals surface area contributed by atoms with Gasteiger partial charge in [-0.1, -0.05) is 20.3 Å². The van der Waals surface area contributed by atoms with Gasteiger partial charge in [-0.05, 0) is 33.6 Å². The lowest BCUT2D eigenvalue weighted by Gasteiger charge is -2.24. The van der Waals surface area contributed by atoms with Crippen molar-refractivity contribution >= 4 is 6.09 Å². The van der Waals surface area contributed by atoms with Gasteiger partial charge in [0.2, 0.25) is 0 Å². The highest BCUT2D eigenvalue weighted by Crippen LogP contribution is 2.10. The van der Waals surface area contributed by atoms with Gasteiger partial charge in [-0.25, -0.2) is 4.79 Å². The summed E-state index contributed by atoms with van der Waals surface area (Å²) in [4.78, 5) is 11.4. The summed E-state index contributed by atoms with van der Waals surface area (Å²) in [5.41, 5.74) is -0.417. The first-order chi connectivity index (χ1) is 6.26. The Kier molecular flexibility index (Phi) is 4.95. The predicted molar refractivity (Wildman–Crippen MR) is 58.3 cm³/mol. The molecule has 84 valence electrons. The third-order valence-corrected chi connectivity index (χ3v) is 2.24. The van der Waals surface area contributed by atoms with Crippen molar-refractivity contribution in [1.82, 2.24) is 5.32 Å². The zero-order chi connectivity index (χ0) is 11.4. The Bertz CT molecular complexity index is 184.